The first-order valence-electron chi connectivity index (χ1n) is 7.18. The van der Waals surface area contributed by atoms with Crippen molar-refractivity contribution in [1.29, 1.82) is 0 Å². The number of esters is 1. The molecule has 0 spiro atoms. The van der Waals surface area contributed by atoms with Gasteiger partial charge in [-0.25, -0.2) is 9.37 Å². The summed E-state index contributed by atoms with van der Waals surface area (Å²) in [6.07, 6.45) is 0. The molecule has 0 unspecified atom stereocenters. The number of fused-ring (bicyclic) bond motifs is 1. The van der Waals surface area contributed by atoms with Crippen LogP contribution in [0.25, 0.3) is 16.6 Å². The number of para-hydroxylation sites is 1. The molecule has 0 fully saturated rings. The molecule has 0 radical (unpaired) electrons. The highest BCUT2D eigenvalue weighted by molar-refractivity contribution is 7.99. The zero-order chi connectivity index (χ0) is 18.0. The number of benzene rings is 2. The minimum atomic E-state index is -0.587. The second kappa shape index (κ2) is 7.25. The molecule has 0 amide bonds. The molecule has 0 N–H and O–H groups in total. The number of methoxy groups -OCH3 is 1. The lowest BCUT2D eigenvalue weighted by Crippen LogP contribution is -2.22. The lowest BCUT2D eigenvalue weighted by molar-refractivity contribution is -0.137. The molecule has 5 nitrogen and oxygen atoms in total. The van der Waals surface area contributed by atoms with E-state index in [4.69, 9.17) is 11.6 Å². The first kappa shape index (κ1) is 17.4. The van der Waals surface area contributed by atoms with E-state index < -0.39 is 11.8 Å². The van der Waals surface area contributed by atoms with Gasteiger partial charge in [-0.05, 0) is 30.3 Å². The molecule has 0 saturated carbocycles. The van der Waals surface area contributed by atoms with Crippen molar-refractivity contribution in [2.45, 2.75) is 5.16 Å². The number of carbonyl (C=O) groups excluding carboxylic acids is 1. The Morgan fingerprint density at radius 1 is 1.32 bits per heavy atom. The lowest BCUT2D eigenvalue weighted by Gasteiger charge is -2.13. The molecule has 25 heavy (non-hydrogen) atoms. The molecule has 1 aromatic heterocycles. The lowest BCUT2D eigenvalue weighted by atomic mass is 10.2. The number of hydrogen-bond acceptors (Lipinski definition) is 5. The molecule has 128 valence electrons. The maximum Gasteiger partial charge on any atom is 0.316 e. The quantitative estimate of drug-likeness (QED) is 0.395. The zero-order valence-electron chi connectivity index (χ0n) is 13.0. The Morgan fingerprint density at radius 3 is 2.80 bits per heavy atom. The Kier molecular flexibility index (Phi) is 5.06. The summed E-state index contributed by atoms with van der Waals surface area (Å²) in [5, 5.41) is 0.587. The molecule has 0 aliphatic rings. The van der Waals surface area contributed by atoms with E-state index in [1.165, 1.54) is 29.9 Å². The van der Waals surface area contributed by atoms with Gasteiger partial charge >= 0.3 is 5.97 Å². The standard InChI is InChI=1S/C17H12ClFN2O3S/c1-24-15(22)9-25-17-20-14-5-3-2-4-11(14)16(23)21(17)10-6-7-13(19)12(18)8-10/h2-8H,9H2,1H3. The van der Waals surface area contributed by atoms with E-state index >= 15 is 0 Å². The Hall–Kier alpha value is -2.38. The first-order valence-corrected chi connectivity index (χ1v) is 8.54. The number of aromatic nitrogens is 2. The summed E-state index contributed by atoms with van der Waals surface area (Å²) in [5.41, 5.74) is 0.534. The number of rotatable bonds is 4. The third kappa shape index (κ3) is 3.52. The summed E-state index contributed by atoms with van der Waals surface area (Å²) in [5.74, 6) is -1.05. The maximum absolute atomic E-state index is 13.5. The summed E-state index contributed by atoms with van der Waals surface area (Å²) in [6, 6.07) is 10.8. The summed E-state index contributed by atoms with van der Waals surface area (Å²) in [7, 11) is 1.28. The fraction of sp³-hybridized carbons (Fsp3) is 0.118. The van der Waals surface area contributed by atoms with Crippen molar-refractivity contribution in [2.75, 3.05) is 12.9 Å². The molecule has 0 saturated heterocycles. The van der Waals surface area contributed by atoms with Crippen LogP contribution >= 0.6 is 23.4 Å². The van der Waals surface area contributed by atoms with Crippen molar-refractivity contribution in [1.82, 2.24) is 9.55 Å². The smallest absolute Gasteiger partial charge is 0.316 e. The van der Waals surface area contributed by atoms with Crippen LogP contribution in [-0.4, -0.2) is 28.4 Å². The number of thioether (sulfide) groups is 1. The highest BCUT2D eigenvalue weighted by Crippen LogP contribution is 2.24. The van der Waals surface area contributed by atoms with Crippen LogP contribution in [0.1, 0.15) is 0 Å². The van der Waals surface area contributed by atoms with Gasteiger partial charge < -0.3 is 4.74 Å². The molecular weight excluding hydrogens is 367 g/mol. The predicted molar refractivity (Wildman–Crippen MR) is 95.0 cm³/mol. The number of nitrogens with zero attached hydrogens (tertiary/aromatic N) is 2. The van der Waals surface area contributed by atoms with E-state index in [1.807, 2.05) is 0 Å². The second-order valence-electron chi connectivity index (χ2n) is 5.02. The van der Waals surface area contributed by atoms with Crippen LogP contribution in [-0.2, 0) is 9.53 Å². The van der Waals surface area contributed by atoms with Gasteiger partial charge in [0.2, 0.25) is 0 Å². The Labute approximate surface area is 151 Å². The van der Waals surface area contributed by atoms with E-state index in [1.54, 1.807) is 24.3 Å². The maximum atomic E-state index is 13.5. The number of hydrogen-bond donors (Lipinski definition) is 0. The predicted octanol–water partition coefficient (Wildman–Crippen LogP) is 3.44. The van der Waals surface area contributed by atoms with E-state index in [2.05, 4.69) is 9.72 Å². The van der Waals surface area contributed by atoms with Crippen LogP contribution in [0.3, 0.4) is 0 Å². The van der Waals surface area contributed by atoms with E-state index in [-0.39, 0.29) is 21.5 Å². The van der Waals surface area contributed by atoms with Crippen LogP contribution in [0.2, 0.25) is 5.02 Å². The minimum absolute atomic E-state index is 0.0177. The first-order chi connectivity index (χ1) is 12.0. The third-order valence-corrected chi connectivity index (χ3v) is 4.65. The van der Waals surface area contributed by atoms with Crippen LogP contribution in [0.4, 0.5) is 4.39 Å². The van der Waals surface area contributed by atoms with E-state index in [9.17, 15) is 14.0 Å². The van der Waals surface area contributed by atoms with Crippen LogP contribution in [0, 0.1) is 5.82 Å². The van der Waals surface area contributed by atoms with Gasteiger partial charge in [0.1, 0.15) is 5.82 Å². The van der Waals surface area contributed by atoms with Gasteiger partial charge in [-0.2, -0.15) is 0 Å². The normalized spacial score (nSPS) is 10.8. The van der Waals surface area contributed by atoms with Crippen molar-refractivity contribution in [3.05, 3.63) is 63.7 Å². The SMILES string of the molecule is COC(=O)CSc1nc2ccccc2c(=O)n1-c1ccc(F)c(Cl)c1. The van der Waals surface area contributed by atoms with Crippen LogP contribution in [0.15, 0.2) is 52.4 Å². The second-order valence-corrected chi connectivity index (χ2v) is 6.37. The Balaban J connectivity index is 2.22. The number of halogens is 2. The van der Waals surface area contributed by atoms with Crippen molar-refractivity contribution in [3.8, 4) is 5.69 Å². The largest absolute Gasteiger partial charge is 0.468 e. The molecule has 1 heterocycles. The molecular formula is C17H12ClFN2O3S. The summed E-state index contributed by atoms with van der Waals surface area (Å²) in [6.45, 7) is 0. The monoisotopic (exact) mass is 378 g/mol. The fourth-order valence-corrected chi connectivity index (χ4v) is 3.26. The van der Waals surface area contributed by atoms with Crippen LogP contribution in [0.5, 0.6) is 0 Å². The Bertz CT molecular complexity index is 1020. The van der Waals surface area contributed by atoms with Crippen molar-refractivity contribution < 1.29 is 13.9 Å². The van der Waals surface area contributed by atoms with Gasteiger partial charge in [0, 0.05) is 0 Å². The van der Waals surface area contributed by atoms with Crippen molar-refractivity contribution in [2.24, 2.45) is 0 Å². The molecule has 0 aliphatic carbocycles. The summed E-state index contributed by atoms with van der Waals surface area (Å²) in [4.78, 5) is 28.8. The van der Waals surface area contributed by atoms with Crippen molar-refractivity contribution in [3.63, 3.8) is 0 Å². The zero-order valence-corrected chi connectivity index (χ0v) is 14.6. The van der Waals surface area contributed by atoms with Crippen LogP contribution < -0.4 is 5.56 Å². The number of carbonyl (C=O) groups is 1. The van der Waals surface area contributed by atoms with Gasteiger partial charge in [0.15, 0.2) is 5.16 Å². The highest BCUT2D eigenvalue weighted by Gasteiger charge is 2.15. The average Bonchev–Trinajstić information content (AvgIpc) is 2.62. The molecule has 3 rings (SSSR count). The average molecular weight is 379 g/mol. The summed E-state index contributed by atoms with van der Waals surface area (Å²) < 4.78 is 19.4. The fourth-order valence-electron chi connectivity index (χ4n) is 2.24. The molecule has 0 aliphatic heterocycles. The minimum Gasteiger partial charge on any atom is -0.468 e. The topological polar surface area (TPSA) is 61.2 Å². The van der Waals surface area contributed by atoms with Gasteiger partial charge in [0.05, 0.1) is 34.5 Å². The van der Waals surface area contributed by atoms with Gasteiger partial charge in [-0.15, -0.1) is 0 Å². The molecule has 0 bridgehead atoms. The Morgan fingerprint density at radius 2 is 2.08 bits per heavy atom. The molecule has 3 aromatic rings. The van der Waals surface area contributed by atoms with E-state index in [0.717, 1.165) is 11.8 Å². The van der Waals surface area contributed by atoms with Gasteiger partial charge in [-0.3, -0.25) is 14.2 Å². The molecule has 2 aromatic carbocycles. The van der Waals surface area contributed by atoms with E-state index in [0.29, 0.717) is 16.6 Å². The van der Waals surface area contributed by atoms with Gasteiger partial charge in [0.25, 0.3) is 5.56 Å². The highest BCUT2D eigenvalue weighted by atomic mass is 35.5. The van der Waals surface area contributed by atoms with Gasteiger partial charge in [-0.1, -0.05) is 35.5 Å². The summed E-state index contributed by atoms with van der Waals surface area (Å²) >= 11 is 6.90. The molecule has 0 atom stereocenters. The van der Waals surface area contributed by atoms with Crippen molar-refractivity contribution >= 4 is 40.2 Å². The third-order valence-electron chi connectivity index (χ3n) is 3.45. The molecule has 8 heteroatoms. The number of ether oxygens (including phenoxy) is 1.